The van der Waals surface area contributed by atoms with Gasteiger partial charge in [0.05, 0.1) is 6.10 Å². The molecule has 1 aliphatic rings. The fraction of sp³-hybridized carbons (Fsp3) is 0.467. The summed E-state index contributed by atoms with van der Waals surface area (Å²) in [6, 6.07) is 5.18. The number of carboxylic acids is 1. The molecule has 0 unspecified atom stereocenters. The molecule has 1 aliphatic carbocycles. The minimum Gasteiger partial charge on any atom is -0.490 e. The van der Waals surface area contributed by atoms with Gasteiger partial charge in [-0.05, 0) is 50.3 Å². The molecule has 1 amide bonds. The third-order valence-corrected chi connectivity index (χ3v) is 3.45. The zero-order valence-electron chi connectivity index (χ0n) is 11.5. The molecule has 0 heterocycles. The van der Waals surface area contributed by atoms with Gasteiger partial charge in [-0.1, -0.05) is 6.07 Å². The van der Waals surface area contributed by atoms with E-state index in [1.807, 2.05) is 13.0 Å². The van der Waals surface area contributed by atoms with Crippen LogP contribution >= 0.6 is 0 Å². The fourth-order valence-corrected chi connectivity index (χ4v) is 2.31. The van der Waals surface area contributed by atoms with Crippen molar-refractivity contribution in [1.29, 1.82) is 0 Å². The van der Waals surface area contributed by atoms with Gasteiger partial charge in [-0.3, -0.25) is 9.59 Å². The minimum absolute atomic E-state index is 0.228. The number of carboxylic acid groups (broad SMARTS) is 1. The lowest BCUT2D eigenvalue weighted by atomic mass is 10.1. The predicted molar refractivity (Wildman–Crippen MR) is 74.0 cm³/mol. The van der Waals surface area contributed by atoms with E-state index in [0.717, 1.165) is 18.4 Å². The van der Waals surface area contributed by atoms with Crippen molar-refractivity contribution in [1.82, 2.24) is 5.32 Å². The smallest absolute Gasteiger partial charge is 0.322 e. The summed E-state index contributed by atoms with van der Waals surface area (Å²) in [6.07, 6.45) is 4.69. The summed E-state index contributed by atoms with van der Waals surface area (Å²) in [5.41, 5.74) is 1.40. The van der Waals surface area contributed by atoms with Crippen molar-refractivity contribution in [2.24, 2.45) is 0 Å². The highest BCUT2D eigenvalue weighted by atomic mass is 16.5. The third kappa shape index (κ3) is 3.73. The molecule has 1 aromatic rings. The molecule has 0 aliphatic heterocycles. The summed E-state index contributed by atoms with van der Waals surface area (Å²) >= 11 is 0. The Morgan fingerprint density at radius 3 is 2.70 bits per heavy atom. The van der Waals surface area contributed by atoms with Crippen LogP contribution < -0.4 is 10.1 Å². The van der Waals surface area contributed by atoms with Crippen LogP contribution in [0.1, 0.15) is 41.6 Å². The lowest BCUT2D eigenvalue weighted by molar-refractivity contribution is -0.135. The Kier molecular flexibility index (Phi) is 4.61. The molecule has 1 aromatic carbocycles. The molecule has 0 bridgehead atoms. The predicted octanol–water partition coefficient (Wildman–Crippen LogP) is 2.13. The molecule has 5 nitrogen and oxygen atoms in total. The maximum Gasteiger partial charge on any atom is 0.322 e. The molecule has 1 saturated carbocycles. The number of benzene rings is 1. The van der Waals surface area contributed by atoms with Gasteiger partial charge < -0.3 is 15.2 Å². The van der Waals surface area contributed by atoms with E-state index in [2.05, 4.69) is 5.32 Å². The highest BCUT2D eigenvalue weighted by Crippen LogP contribution is 2.27. The van der Waals surface area contributed by atoms with Crippen molar-refractivity contribution in [2.45, 2.75) is 38.7 Å². The molecule has 2 rings (SSSR count). The minimum atomic E-state index is -1.06. The molecule has 0 saturated heterocycles. The van der Waals surface area contributed by atoms with E-state index in [1.165, 1.54) is 12.8 Å². The standard InChI is InChI=1S/C15H19NO4/c1-10-6-7-11(15(19)16-9-14(17)18)8-13(10)20-12-4-2-3-5-12/h6-8,12H,2-5,9H2,1H3,(H,16,19)(H,17,18). The molecule has 0 radical (unpaired) electrons. The average molecular weight is 277 g/mol. The van der Waals surface area contributed by atoms with Crippen LogP contribution in [0.25, 0.3) is 0 Å². The maximum absolute atomic E-state index is 11.8. The zero-order chi connectivity index (χ0) is 14.5. The molecule has 5 heteroatoms. The Morgan fingerprint density at radius 1 is 1.35 bits per heavy atom. The van der Waals surface area contributed by atoms with Crippen LogP contribution in [0.2, 0.25) is 0 Å². The van der Waals surface area contributed by atoms with Crippen LogP contribution in [-0.4, -0.2) is 29.6 Å². The first-order valence-corrected chi connectivity index (χ1v) is 6.83. The number of carbonyl (C=O) groups excluding carboxylic acids is 1. The number of aryl methyl sites for hydroxylation is 1. The van der Waals surface area contributed by atoms with E-state index in [0.29, 0.717) is 11.3 Å². The number of ether oxygens (including phenoxy) is 1. The van der Waals surface area contributed by atoms with Gasteiger partial charge in [0.25, 0.3) is 5.91 Å². The Balaban J connectivity index is 2.06. The van der Waals surface area contributed by atoms with Crippen LogP contribution in [-0.2, 0) is 4.79 Å². The molecule has 20 heavy (non-hydrogen) atoms. The zero-order valence-corrected chi connectivity index (χ0v) is 11.5. The van der Waals surface area contributed by atoms with Gasteiger partial charge in [-0.2, -0.15) is 0 Å². The second-order valence-electron chi connectivity index (χ2n) is 5.08. The van der Waals surface area contributed by atoms with Crippen LogP contribution in [0.3, 0.4) is 0 Å². The Morgan fingerprint density at radius 2 is 2.05 bits per heavy atom. The Hall–Kier alpha value is -2.04. The number of aliphatic carboxylic acids is 1. The van der Waals surface area contributed by atoms with Crippen molar-refractivity contribution in [3.63, 3.8) is 0 Å². The molecule has 108 valence electrons. The SMILES string of the molecule is Cc1ccc(C(=O)NCC(=O)O)cc1OC1CCCC1. The summed E-state index contributed by atoms with van der Waals surface area (Å²) in [6.45, 7) is 1.55. The monoisotopic (exact) mass is 277 g/mol. The lowest BCUT2D eigenvalue weighted by Crippen LogP contribution is -2.29. The largest absolute Gasteiger partial charge is 0.490 e. The second-order valence-corrected chi connectivity index (χ2v) is 5.08. The van der Waals surface area contributed by atoms with Gasteiger partial charge in [-0.25, -0.2) is 0 Å². The number of nitrogens with one attached hydrogen (secondary N) is 1. The van der Waals surface area contributed by atoms with Crippen molar-refractivity contribution in [3.8, 4) is 5.75 Å². The molecule has 0 atom stereocenters. The molecular formula is C15H19NO4. The number of carbonyl (C=O) groups is 2. The van der Waals surface area contributed by atoms with Crippen molar-refractivity contribution in [2.75, 3.05) is 6.54 Å². The van der Waals surface area contributed by atoms with E-state index < -0.39 is 11.9 Å². The molecule has 1 fully saturated rings. The van der Waals surface area contributed by atoms with Gasteiger partial charge in [-0.15, -0.1) is 0 Å². The Labute approximate surface area is 117 Å². The van der Waals surface area contributed by atoms with Crippen molar-refractivity contribution >= 4 is 11.9 Å². The van der Waals surface area contributed by atoms with E-state index in [9.17, 15) is 9.59 Å². The van der Waals surface area contributed by atoms with E-state index >= 15 is 0 Å². The van der Waals surface area contributed by atoms with Crippen molar-refractivity contribution in [3.05, 3.63) is 29.3 Å². The van der Waals surface area contributed by atoms with Crippen LogP contribution in [0.4, 0.5) is 0 Å². The summed E-state index contributed by atoms with van der Waals surface area (Å²) < 4.78 is 5.93. The van der Waals surface area contributed by atoms with E-state index in [-0.39, 0.29) is 12.6 Å². The summed E-state index contributed by atoms with van der Waals surface area (Å²) in [5.74, 6) is -0.753. The van der Waals surface area contributed by atoms with Crippen molar-refractivity contribution < 1.29 is 19.4 Å². The van der Waals surface area contributed by atoms with Gasteiger partial charge in [0.1, 0.15) is 12.3 Å². The van der Waals surface area contributed by atoms with E-state index in [4.69, 9.17) is 9.84 Å². The third-order valence-electron chi connectivity index (χ3n) is 3.45. The number of hydrogen-bond acceptors (Lipinski definition) is 3. The topological polar surface area (TPSA) is 75.6 Å². The molecule has 2 N–H and O–H groups in total. The highest BCUT2D eigenvalue weighted by Gasteiger charge is 2.18. The summed E-state index contributed by atoms with van der Waals surface area (Å²) in [5, 5.41) is 10.9. The van der Waals surface area contributed by atoms with Gasteiger partial charge in [0.15, 0.2) is 0 Å². The molecule has 0 aromatic heterocycles. The van der Waals surface area contributed by atoms with Crippen LogP contribution in [0, 0.1) is 6.92 Å². The number of amides is 1. The second kappa shape index (κ2) is 6.41. The molecule has 0 spiro atoms. The summed E-state index contributed by atoms with van der Waals surface area (Å²) in [7, 11) is 0. The van der Waals surface area contributed by atoms with Gasteiger partial charge in [0.2, 0.25) is 0 Å². The van der Waals surface area contributed by atoms with Gasteiger partial charge in [0, 0.05) is 5.56 Å². The maximum atomic E-state index is 11.8. The lowest BCUT2D eigenvalue weighted by Gasteiger charge is -2.16. The summed E-state index contributed by atoms with van der Waals surface area (Å²) in [4.78, 5) is 22.3. The quantitative estimate of drug-likeness (QED) is 0.864. The number of hydrogen-bond donors (Lipinski definition) is 2. The van der Waals surface area contributed by atoms with Crippen LogP contribution in [0.5, 0.6) is 5.75 Å². The fourth-order valence-electron chi connectivity index (χ4n) is 2.31. The first kappa shape index (κ1) is 14.4. The van der Waals surface area contributed by atoms with Gasteiger partial charge >= 0.3 is 5.97 Å². The highest BCUT2D eigenvalue weighted by molar-refractivity contribution is 5.96. The first-order chi connectivity index (χ1) is 9.56. The van der Waals surface area contributed by atoms with Crippen LogP contribution in [0.15, 0.2) is 18.2 Å². The number of rotatable bonds is 5. The first-order valence-electron chi connectivity index (χ1n) is 6.83. The normalized spacial score (nSPS) is 15.1. The average Bonchev–Trinajstić information content (AvgIpc) is 2.91. The Bertz CT molecular complexity index is 507. The van der Waals surface area contributed by atoms with E-state index in [1.54, 1.807) is 12.1 Å². The molecular weight excluding hydrogens is 258 g/mol.